The van der Waals surface area contributed by atoms with Crippen LogP contribution in [0.5, 0.6) is 5.75 Å². The number of hydrogen-bond donors (Lipinski definition) is 2. The summed E-state index contributed by atoms with van der Waals surface area (Å²) in [5, 5.41) is 22.6. The van der Waals surface area contributed by atoms with Crippen LogP contribution < -0.4 is 10.1 Å². The standard InChI is InChI=1S/C21H21N5O4/c1-12(11-29-2)26-15(9-22)7-14-10-23-21(25-19(14)26)24-17-6-3-13(20(27)28)8-18(17)30-16-4-5-16/h3,6-8,10,12,16H,4-5,11H2,1-2H3,(H,27,28)(H,23,24,25)/t12-/m0/s1. The molecule has 3 aromatic rings. The third-order valence-electron chi connectivity index (χ3n) is 4.83. The first-order valence-electron chi connectivity index (χ1n) is 9.58. The minimum absolute atomic E-state index is 0.0893. The van der Waals surface area contributed by atoms with Gasteiger partial charge in [-0.15, -0.1) is 0 Å². The molecule has 1 aliphatic carbocycles. The second-order valence-corrected chi connectivity index (χ2v) is 7.25. The highest BCUT2D eigenvalue weighted by Crippen LogP contribution is 2.34. The number of nitriles is 1. The third kappa shape index (κ3) is 3.90. The molecule has 0 amide bonds. The maximum absolute atomic E-state index is 11.3. The number of carbonyl (C=O) groups is 1. The fourth-order valence-electron chi connectivity index (χ4n) is 3.26. The lowest BCUT2D eigenvalue weighted by Gasteiger charge is -2.16. The van der Waals surface area contributed by atoms with Gasteiger partial charge < -0.3 is 24.5 Å². The van der Waals surface area contributed by atoms with Gasteiger partial charge in [0.15, 0.2) is 0 Å². The van der Waals surface area contributed by atoms with Crippen LogP contribution in [0.4, 0.5) is 11.6 Å². The Hall–Kier alpha value is -3.64. The summed E-state index contributed by atoms with van der Waals surface area (Å²) >= 11 is 0. The summed E-state index contributed by atoms with van der Waals surface area (Å²) in [6.45, 7) is 2.38. The zero-order valence-corrected chi connectivity index (χ0v) is 16.6. The SMILES string of the molecule is COC[C@H](C)n1c(C#N)cc2cnc(Nc3ccc(C(=O)O)cc3OC3CC3)nc21. The van der Waals surface area contributed by atoms with Gasteiger partial charge in [-0.05, 0) is 44.0 Å². The van der Waals surface area contributed by atoms with E-state index < -0.39 is 5.97 Å². The van der Waals surface area contributed by atoms with E-state index in [-0.39, 0.29) is 17.7 Å². The van der Waals surface area contributed by atoms with Crippen molar-refractivity contribution in [1.82, 2.24) is 14.5 Å². The Morgan fingerprint density at radius 2 is 2.23 bits per heavy atom. The molecular weight excluding hydrogens is 386 g/mol. The molecule has 30 heavy (non-hydrogen) atoms. The van der Waals surface area contributed by atoms with Crippen molar-refractivity contribution in [1.29, 1.82) is 5.26 Å². The van der Waals surface area contributed by atoms with Crippen molar-refractivity contribution in [3.05, 3.63) is 41.7 Å². The zero-order valence-electron chi connectivity index (χ0n) is 16.6. The lowest BCUT2D eigenvalue weighted by Crippen LogP contribution is -2.13. The van der Waals surface area contributed by atoms with Gasteiger partial charge in [-0.1, -0.05) is 0 Å². The van der Waals surface area contributed by atoms with Gasteiger partial charge in [0.2, 0.25) is 5.95 Å². The molecule has 1 saturated carbocycles. The minimum atomic E-state index is -1.02. The minimum Gasteiger partial charge on any atom is -0.488 e. The number of ether oxygens (including phenoxy) is 2. The number of anilines is 2. The van der Waals surface area contributed by atoms with Crippen LogP contribution in [0, 0.1) is 11.3 Å². The first kappa shape index (κ1) is 19.7. The summed E-state index contributed by atoms with van der Waals surface area (Å²) in [5.41, 5.74) is 1.81. The molecule has 2 heterocycles. The molecule has 0 bridgehead atoms. The molecule has 0 unspecified atom stereocenters. The maximum atomic E-state index is 11.3. The van der Waals surface area contributed by atoms with E-state index in [0.29, 0.717) is 35.3 Å². The summed E-state index contributed by atoms with van der Waals surface area (Å²) in [5.74, 6) is -0.254. The molecule has 2 aromatic heterocycles. The molecule has 154 valence electrons. The highest BCUT2D eigenvalue weighted by atomic mass is 16.5. The van der Waals surface area contributed by atoms with Crippen molar-refractivity contribution in [2.45, 2.75) is 31.9 Å². The van der Waals surface area contributed by atoms with Crippen molar-refractivity contribution in [3.8, 4) is 11.8 Å². The topological polar surface area (TPSA) is 122 Å². The number of benzene rings is 1. The van der Waals surface area contributed by atoms with Crippen LogP contribution in [0.25, 0.3) is 11.0 Å². The molecule has 4 rings (SSSR count). The predicted octanol–water partition coefficient (Wildman–Crippen LogP) is 3.49. The fourth-order valence-corrected chi connectivity index (χ4v) is 3.26. The summed E-state index contributed by atoms with van der Waals surface area (Å²) < 4.78 is 12.9. The zero-order chi connectivity index (χ0) is 21.3. The van der Waals surface area contributed by atoms with Crippen molar-refractivity contribution in [3.63, 3.8) is 0 Å². The smallest absolute Gasteiger partial charge is 0.335 e. The van der Waals surface area contributed by atoms with Crippen molar-refractivity contribution < 1.29 is 19.4 Å². The van der Waals surface area contributed by atoms with Crippen LogP contribution in [-0.4, -0.2) is 45.4 Å². The number of carboxylic acid groups (broad SMARTS) is 1. The lowest BCUT2D eigenvalue weighted by atomic mass is 10.2. The van der Waals surface area contributed by atoms with Gasteiger partial charge in [-0.25, -0.2) is 9.78 Å². The van der Waals surface area contributed by atoms with E-state index >= 15 is 0 Å². The number of nitrogens with one attached hydrogen (secondary N) is 1. The first-order valence-corrected chi connectivity index (χ1v) is 9.58. The number of hydrogen-bond acceptors (Lipinski definition) is 7. The normalized spacial score (nSPS) is 14.3. The summed E-state index contributed by atoms with van der Waals surface area (Å²) in [4.78, 5) is 20.3. The number of fused-ring (bicyclic) bond motifs is 1. The maximum Gasteiger partial charge on any atom is 0.335 e. The lowest BCUT2D eigenvalue weighted by molar-refractivity contribution is 0.0696. The van der Waals surface area contributed by atoms with Crippen LogP contribution >= 0.6 is 0 Å². The van der Waals surface area contributed by atoms with Gasteiger partial charge >= 0.3 is 5.97 Å². The Balaban J connectivity index is 1.71. The third-order valence-corrected chi connectivity index (χ3v) is 4.83. The molecule has 1 aromatic carbocycles. The summed E-state index contributed by atoms with van der Waals surface area (Å²) in [6, 6.07) is 8.49. The molecule has 9 heteroatoms. The second kappa shape index (κ2) is 8.00. The predicted molar refractivity (Wildman–Crippen MR) is 109 cm³/mol. The Morgan fingerprint density at radius 3 is 2.90 bits per heavy atom. The Morgan fingerprint density at radius 1 is 1.43 bits per heavy atom. The van der Waals surface area contributed by atoms with Gasteiger partial charge in [0.05, 0.1) is 30.0 Å². The molecule has 1 atom stereocenters. The van der Waals surface area contributed by atoms with Crippen molar-refractivity contribution in [2.24, 2.45) is 0 Å². The average molecular weight is 407 g/mol. The molecule has 1 fully saturated rings. The van der Waals surface area contributed by atoms with E-state index in [0.717, 1.165) is 18.2 Å². The molecular formula is C21H21N5O4. The average Bonchev–Trinajstić information content (AvgIpc) is 3.46. The van der Waals surface area contributed by atoms with Crippen LogP contribution in [0.3, 0.4) is 0 Å². The molecule has 0 spiro atoms. The number of aromatic carboxylic acids is 1. The van der Waals surface area contributed by atoms with E-state index in [1.54, 1.807) is 25.4 Å². The number of aromatic nitrogens is 3. The molecule has 1 aliphatic rings. The number of nitrogens with zero attached hydrogens (tertiary/aromatic N) is 4. The summed E-state index contributed by atoms with van der Waals surface area (Å²) in [7, 11) is 1.61. The van der Waals surface area contributed by atoms with E-state index in [9.17, 15) is 15.2 Å². The van der Waals surface area contributed by atoms with Crippen molar-refractivity contribution in [2.75, 3.05) is 19.0 Å². The Kier molecular flexibility index (Phi) is 5.25. The fraction of sp³-hybridized carbons (Fsp3) is 0.333. The van der Waals surface area contributed by atoms with Gasteiger partial charge in [-0.2, -0.15) is 10.2 Å². The van der Waals surface area contributed by atoms with Gasteiger partial charge in [0.25, 0.3) is 0 Å². The molecule has 2 N–H and O–H groups in total. The van der Waals surface area contributed by atoms with E-state index in [1.807, 2.05) is 11.5 Å². The monoisotopic (exact) mass is 407 g/mol. The number of carboxylic acids is 1. The van der Waals surface area contributed by atoms with Gasteiger partial charge in [0.1, 0.15) is 23.2 Å². The molecule has 0 aliphatic heterocycles. The van der Waals surface area contributed by atoms with Crippen LogP contribution in [0.1, 0.15) is 41.9 Å². The van der Waals surface area contributed by atoms with Crippen LogP contribution in [0.15, 0.2) is 30.5 Å². The Labute approximate surface area is 172 Å². The van der Waals surface area contributed by atoms with E-state index in [1.165, 1.54) is 12.1 Å². The van der Waals surface area contributed by atoms with Gasteiger partial charge in [0, 0.05) is 18.7 Å². The Bertz CT molecular complexity index is 1150. The highest BCUT2D eigenvalue weighted by Gasteiger charge is 2.25. The number of methoxy groups -OCH3 is 1. The van der Waals surface area contributed by atoms with E-state index in [2.05, 4.69) is 21.4 Å². The summed E-state index contributed by atoms with van der Waals surface area (Å²) in [6.07, 6.45) is 3.64. The second-order valence-electron chi connectivity index (χ2n) is 7.25. The number of rotatable bonds is 8. The molecule has 0 radical (unpaired) electrons. The highest BCUT2D eigenvalue weighted by molar-refractivity contribution is 5.89. The first-order chi connectivity index (χ1) is 14.5. The molecule has 0 saturated heterocycles. The van der Waals surface area contributed by atoms with Gasteiger partial charge in [-0.3, -0.25) is 0 Å². The molecule has 9 nitrogen and oxygen atoms in total. The van der Waals surface area contributed by atoms with Crippen LogP contribution in [0.2, 0.25) is 0 Å². The van der Waals surface area contributed by atoms with E-state index in [4.69, 9.17) is 9.47 Å². The van der Waals surface area contributed by atoms with Crippen molar-refractivity contribution >= 4 is 28.6 Å². The quantitative estimate of drug-likeness (QED) is 0.582. The largest absolute Gasteiger partial charge is 0.488 e. The van der Waals surface area contributed by atoms with Crippen LogP contribution in [-0.2, 0) is 4.74 Å².